The second-order valence-corrected chi connectivity index (χ2v) is 4.84. The summed E-state index contributed by atoms with van der Waals surface area (Å²) >= 11 is 0. The molecular weight excluding hydrogens is 184 g/mol. The van der Waals surface area contributed by atoms with Crippen molar-refractivity contribution in [3.63, 3.8) is 0 Å². The summed E-state index contributed by atoms with van der Waals surface area (Å²) in [6.45, 7) is 9.57. The third-order valence-corrected chi connectivity index (χ3v) is 3.47. The number of nitrogens with one attached hydrogen (secondary N) is 1. The zero-order valence-electron chi connectivity index (χ0n) is 10.6. The second kappa shape index (κ2) is 8.12. The van der Waals surface area contributed by atoms with Gasteiger partial charge in [-0.1, -0.05) is 26.2 Å². The van der Waals surface area contributed by atoms with Crippen molar-refractivity contribution in [3.05, 3.63) is 0 Å². The molecule has 0 bridgehead atoms. The zero-order chi connectivity index (χ0) is 10.9. The fraction of sp³-hybridized carbons (Fsp3) is 1.00. The summed E-state index contributed by atoms with van der Waals surface area (Å²) in [7, 11) is 0. The largest absolute Gasteiger partial charge is 0.315 e. The van der Waals surface area contributed by atoms with Crippen LogP contribution in [0.3, 0.4) is 0 Å². The molecule has 1 aliphatic heterocycles. The van der Waals surface area contributed by atoms with Gasteiger partial charge in [0, 0.05) is 19.1 Å². The molecule has 0 aromatic carbocycles. The van der Waals surface area contributed by atoms with Crippen LogP contribution >= 0.6 is 0 Å². The summed E-state index contributed by atoms with van der Waals surface area (Å²) in [4.78, 5) is 2.64. The van der Waals surface area contributed by atoms with Crippen LogP contribution in [0.5, 0.6) is 0 Å². The molecule has 1 fully saturated rings. The number of piperidine rings is 1. The van der Waals surface area contributed by atoms with Gasteiger partial charge in [0.05, 0.1) is 0 Å². The Bertz CT molecular complexity index is 147. The first kappa shape index (κ1) is 13.0. The van der Waals surface area contributed by atoms with Crippen LogP contribution < -0.4 is 5.32 Å². The molecule has 2 heteroatoms. The van der Waals surface area contributed by atoms with Crippen LogP contribution in [-0.2, 0) is 0 Å². The molecule has 1 aliphatic rings. The predicted octanol–water partition coefficient (Wildman–Crippen LogP) is 2.64. The fourth-order valence-corrected chi connectivity index (χ4v) is 2.34. The molecule has 0 aromatic heterocycles. The number of hydrogen-bond acceptors (Lipinski definition) is 2. The van der Waals surface area contributed by atoms with Crippen molar-refractivity contribution in [2.45, 2.75) is 58.4 Å². The second-order valence-electron chi connectivity index (χ2n) is 4.84. The smallest absolute Gasteiger partial charge is 0.0110 e. The van der Waals surface area contributed by atoms with Crippen molar-refractivity contribution in [1.29, 1.82) is 0 Å². The van der Waals surface area contributed by atoms with Crippen LogP contribution in [0.2, 0.25) is 0 Å². The lowest BCUT2D eigenvalue weighted by atomic mass is 10.0. The van der Waals surface area contributed by atoms with Gasteiger partial charge in [-0.3, -0.25) is 4.90 Å². The molecule has 1 N–H and O–H groups in total. The lowest BCUT2D eigenvalue weighted by Gasteiger charge is -2.33. The zero-order valence-corrected chi connectivity index (χ0v) is 10.6. The van der Waals surface area contributed by atoms with Gasteiger partial charge in [-0.05, 0) is 39.3 Å². The van der Waals surface area contributed by atoms with Crippen molar-refractivity contribution in [3.8, 4) is 0 Å². The van der Waals surface area contributed by atoms with Gasteiger partial charge >= 0.3 is 0 Å². The first-order valence-corrected chi connectivity index (χ1v) is 6.79. The van der Waals surface area contributed by atoms with Gasteiger partial charge in [-0.15, -0.1) is 0 Å². The Hall–Kier alpha value is -0.0800. The number of hydrogen-bond donors (Lipinski definition) is 1. The third-order valence-electron chi connectivity index (χ3n) is 3.47. The quantitative estimate of drug-likeness (QED) is 0.653. The van der Waals surface area contributed by atoms with E-state index in [1.165, 1.54) is 64.7 Å². The Labute approximate surface area is 95.4 Å². The van der Waals surface area contributed by atoms with Gasteiger partial charge < -0.3 is 5.32 Å². The lowest BCUT2D eigenvalue weighted by molar-refractivity contribution is 0.161. The van der Waals surface area contributed by atoms with Crippen LogP contribution in [0.1, 0.15) is 52.4 Å². The number of likely N-dealkylation sites (tertiary alicyclic amines) is 1. The lowest BCUT2D eigenvalue weighted by Crippen LogP contribution is -2.41. The summed E-state index contributed by atoms with van der Waals surface area (Å²) in [5.74, 6) is 0. The molecule has 15 heavy (non-hydrogen) atoms. The first-order chi connectivity index (χ1) is 7.34. The van der Waals surface area contributed by atoms with Gasteiger partial charge in [0.25, 0.3) is 0 Å². The molecule has 0 aromatic rings. The van der Waals surface area contributed by atoms with Gasteiger partial charge in [0.15, 0.2) is 0 Å². The molecule has 90 valence electrons. The van der Waals surface area contributed by atoms with Crippen molar-refractivity contribution in [2.75, 3.05) is 26.2 Å². The third kappa shape index (κ3) is 5.53. The Balaban J connectivity index is 1.94. The van der Waals surface area contributed by atoms with E-state index in [1.807, 2.05) is 0 Å². The van der Waals surface area contributed by atoms with Crippen molar-refractivity contribution in [1.82, 2.24) is 10.2 Å². The van der Waals surface area contributed by atoms with Crippen LogP contribution in [-0.4, -0.2) is 37.1 Å². The molecule has 0 saturated carbocycles. The normalized spacial score (nSPS) is 23.2. The highest BCUT2D eigenvalue weighted by molar-refractivity contribution is 4.73. The number of nitrogens with zero attached hydrogens (tertiary/aromatic N) is 1. The molecule has 0 aliphatic carbocycles. The maximum Gasteiger partial charge on any atom is 0.0110 e. The molecule has 0 radical (unpaired) electrons. The summed E-state index contributed by atoms with van der Waals surface area (Å²) < 4.78 is 0. The Morgan fingerprint density at radius 2 is 2.07 bits per heavy atom. The summed E-state index contributed by atoms with van der Waals surface area (Å²) in [6, 6.07) is 0.816. The maximum atomic E-state index is 3.55. The van der Waals surface area contributed by atoms with Crippen molar-refractivity contribution >= 4 is 0 Å². The molecule has 1 heterocycles. The Morgan fingerprint density at radius 3 is 2.80 bits per heavy atom. The van der Waals surface area contributed by atoms with Gasteiger partial charge in [0.1, 0.15) is 0 Å². The highest BCUT2D eigenvalue weighted by Crippen LogP contribution is 2.15. The fourth-order valence-electron chi connectivity index (χ4n) is 2.34. The number of rotatable bonds is 7. The van der Waals surface area contributed by atoms with E-state index in [-0.39, 0.29) is 0 Å². The van der Waals surface area contributed by atoms with Crippen LogP contribution in [0, 0.1) is 0 Å². The molecule has 0 spiro atoms. The average molecular weight is 212 g/mol. The van der Waals surface area contributed by atoms with Crippen LogP contribution in [0.15, 0.2) is 0 Å². The van der Waals surface area contributed by atoms with E-state index in [9.17, 15) is 0 Å². The first-order valence-electron chi connectivity index (χ1n) is 6.79. The Morgan fingerprint density at radius 1 is 1.20 bits per heavy atom. The summed E-state index contributed by atoms with van der Waals surface area (Å²) in [5.41, 5.74) is 0. The van der Waals surface area contributed by atoms with Crippen LogP contribution in [0.4, 0.5) is 0 Å². The minimum absolute atomic E-state index is 0.816. The average Bonchev–Trinajstić information content (AvgIpc) is 2.25. The van der Waals surface area contributed by atoms with Crippen molar-refractivity contribution < 1.29 is 0 Å². The van der Waals surface area contributed by atoms with Gasteiger partial charge in [-0.2, -0.15) is 0 Å². The molecule has 0 amide bonds. The molecule has 1 rings (SSSR count). The highest BCUT2D eigenvalue weighted by Gasteiger charge is 2.16. The molecule has 2 nitrogen and oxygen atoms in total. The summed E-state index contributed by atoms with van der Waals surface area (Å²) in [5, 5.41) is 3.55. The van der Waals surface area contributed by atoms with E-state index in [4.69, 9.17) is 0 Å². The van der Waals surface area contributed by atoms with E-state index < -0.39 is 0 Å². The van der Waals surface area contributed by atoms with Gasteiger partial charge in [-0.25, -0.2) is 0 Å². The standard InChI is InChI=1S/C13H28N2/c1-3-4-6-9-14-10-12-15-11-7-5-8-13(15)2/h13-14H,3-12H2,1-2H3. The monoisotopic (exact) mass is 212 g/mol. The minimum atomic E-state index is 0.816. The minimum Gasteiger partial charge on any atom is -0.315 e. The summed E-state index contributed by atoms with van der Waals surface area (Å²) in [6.07, 6.45) is 8.27. The van der Waals surface area contributed by atoms with Gasteiger partial charge in [0.2, 0.25) is 0 Å². The predicted molar refractivity (Wildman–Crippen MR) is 67.3 cm³/mol. The SMILES string of the molecule is CCCCCNCCN1CCCCC1C. The van der Waals surface area contributed by atoms with E-state index in [1.54, 1.807) is 0 Å². The van der Waals surface area contributed by atoms with Crippen LogP contribution in [0.25, 0.3) is 0 Å². The molecule has 1 unspecified atom stereocenters. The van der Waals surface area contributed by atoms with E-state index in [2.05, 4.69) is 24.1 Å². The molecular formula is C13H28N2. The molecule has 1 saturated heterocycles. The highest BCUT2D eigenvalue weighted by atomic mass is 15.2. The van der Waals surface area contributed by atoms with E-state index in [0.29, 0.717) is 0 Å². The maximum absolute atomic E-state index is 3.55. The van der Waals surface area contributed by atoms with E-state index in [0.717, 1.165) is 6.04 Å². The Kier molecular flexibility index (Phi) is 7.03. The number of unbranched alkanes of at least 4 members (excludes halogenated alkanes) is 2. The van der Waals surface area contributed by atoms with Crippen molar-refractivity contribution in [2.24, 2.45) is 0 Å². The topological polar surface area (TPSA) is 15.3 Å². The van der Waals surface area contributed by atoms with E-state index >= 15 is 0 Å². The molecule has 1 atom stereocenters.